The van der Waals surface area contributed by atoms with Gasteiger partial charge < -0.3 is 9.64 Å². The number of anilines is 1. The molecule has 0 saturated carbocycles. The predicted octanol–water partition coefficient (Wildman–Crippen LogP) is 2.29. The summed E-state index contributed by atoms with van der Waals surface area (Å²) in [7, 11) is 0.858. The minimum atomic E-state index is -3.71. The maximum atomic E-state index is 12.6. The van der Waals surface area contributed by atoms with Gasteiger partial charge in [0.2, 0.25) is 15.9 Å². The number of benzene rings is 2. The van der Waals surface area contributed by atoms with Crippen molar-refractivity contribution in [3.63, 3.8) is 0 Å². The number of methoxy groups -OCH3 is 1. The number of carbonyl (C=O) groups is 1. The molecule has 0 N–H and O–H groups in total. The number of rotatable bonds is 6. The minimum absolute atomic E-state index is 0.167. The van der Waals surface area contributed by atoms with Gasteiger partial charge in [-0.1, -0.05) is 17.7 Å². The van der Waals surface area contributed by atoms with Gasteiger partial charge in [0, 0.05) is 19.8 Å². The highest BCUT2D eigenvalue weighted by molar-refractivity contribution is 7.89. The summed E-state index contributed by atoms with van der Waals surface area (Å²) >= 11 is 0. The summed E-state index contributed by atoms with van der Waals surface area (Å²) in [6.45, 7) is 1.63. The van der Waals surface area contributed by atoms with E-state index in [1.807, 2.05) is 6.92 Å². The number of likely N-dealkylation sites (N-methyl/N-ethyl adjacent to an activating group) is 2. The molecule has 0 aliphatic heterocycles. The molecule has 0 aliphatic rings. The average molecular weight is 362 g/mol. The van der Waals surface area contributed by atoms with E-state index in [4.69, 9.17) is 4.74 Å². The number of hydrogen-bond acceptors (Lipinski definition) is 4. The van der Waals surface area contributed by atoms with Crippen LogP contribution in [0.2, 0.25) is 0 Å². The second-order valence-electron chi connectivity index (χ2n) is 5.72. The highest BCUT2D eigenvalue weighted by atomic mass is 32.2. The van der Waals surface area contributed by atoms with Gasteiger partial charge in [0.05, 0.1) is 18.6 Å². The lowest BCUT2D eigenvalue weighted by atomic mass is 10.2. The van der Waals surface area contributed by atoms with Crippen LogP contribution in [0.25, 0.3) is 0 Å². The summed E-state index contributed by atoms with van der Waals surface area (Å²) in [6, 6.07) is 13.5. The van der Waals surface area contributed by atoms with Crippen LogP contribution < -0.4 is 9.64 Å². The Kier molecular flexibility index (Phi) is 5.81. The lowest BCUT2D eigenvalue weighted by molar-refractivity contribution is -0.118. The Morgan fingerprint density at radius 1 is 1.00 bits per heavy atom. The zero-order chi connectivity index (χ0) is 18.6. The van der Waals surface area contributed by atoms with E-state index in [1.54, 1.807) is 62.7 Å². The number of sulfonamides is 1. The van der Waals surface area contributed by atoms with Crippen LogP contribution in [0.5, 0.6) is 5.75 Å². The Morgan fingerprint density at radius 2 is 1.56 bits per heavy atom. The zero-order valence-electron chi connectivity index (χ0n) is 14.8. The summed E-state index contributed by atoms with van der Waals surface area (Å²) in [5.74, 6) is 0.354. The van der Waals surface area contributed by atoms with Crippen molar-refractivity contribution in [1.29, 1.82) is 0 Å². The summed E-state index contributed by atoms with van der Waals surface area (Å²) in [5.41, 5.74) is 1.63. The fraction of sp³-hybridized carbons (Fsp3) is 0.278. The van der Waals surface area contributed by atoms with Crippen LogP contribution in [0.15, 0.2) is 53.4 Å². The minimum Gasteiger partial charge on any atom is -0.497 e. The Labute approximate surface area is 148 Å². The zero-order valence-corrected chi connectivity index (χ0v) is 15.6. The number of carbonyl (C=O) groups excluding carboxylic acids is 1. The maximum Gasteiger partial charge on any atom is 0.243 e. The van der Waals surface area contributed by atoms with Gasteiger partial charge in [-0.2, -0.15) is 4.31 Å². The molecule has 2 aromatic rings. The first kappa shape index (κ1) is 19.0. The molecule has 2 aromatic carbocycles. The lowest BCUT2D eigenvalue weighted by Gasteiger charge is -2.22. The van der Waals surface area contributed by atoms with E-state index in [2.05, 4.69) is 0 Å². The molecule has 2 rings (SSSR count). The molecule has 134 valence electrons. The van der Waals surface area contributed by atoms with Crippen molar-refractivity contribution < 1.29 is 17.9 Å². The molecule has 0 spiro atoms. The number of ether oxygens (including phenoxy) is 1. The van der Waals surface area contributed by atoms with Gasteiger partial charge in [-0.05, 0) is 43.3 Å². The quantitative estimate of drug-likeness (QED) is 0.791. The molecular weight excluding hydrogens is 340 g/mol. The summed E-state index contributed by atoms with van der Waals surface area (Å²) < 4.78 is 31.3. The summed E-state index contributed by atoms with van der Waals surface area (Å²) in [5, 5.41) is 0. The third kappa shape index (κ3) is 4.37. The molecule has 0 aliphatic carbocycles. The fourth-order valence-electron chi connectivity index (χ4n) is 2.22. The van der Waals surface area contributed by atoms with Crippen molar-refractivity contribution in [3.05, 3.63) is 54.1 Å². The number of nitrogens with zero attached hydrogens (tertiary/aromatic N) is 2. The summed E-state index contributed by atoms with van der Waals surface area (Å²) in [6.07, 6.45) is 0. The molecule has 6 nitrogen and oxygen atoms in total. The molecule has 0 aromatic heterocycles. The van der Waals surface area contributed by atoms with Gasteiger partial charge in [-0.15, -0.1) is 0 Å². The molecule has 0 radical (unpaired) electrons. The second kappa shape index (κ2) is 7.67. The van der Waals surface area contributed by atoms with Crippen molar-refractivity contribution in [1.82, 2.24) is 4.31 Å². The van der Waals surface area contributed by atoms with E-state index in [-0.39, 0.29) is 17.3 Å². The molecule has 0 bridgehead atoms. The molecule has 0 saturated heterocycles. The van der Waals surface area contributed by atoms with Gasteiger partial charge >= 0.3 is 0 Å². The van der Waals surface area contributed by atoms with E-state index >= 15 is 0 Å². The van der Waals surface area contributed by atoms with Gasteiger partial charge in [0.1, 0.15) is 5.75 Å². The fourth-order valence-corrected chi connectivity index (χ4v) is 3.34. The third-order valence-electron chi connectivity index (χ3n) is 3.92. The van der Waals surface area contributed by atoms with Crippen LogP contribution in [-0.4, -0.2) is 46.4 Å². The summed E-state index contributed by atoms with van der Waals surface area (Å²) in [4.78, 5) is 14.0. The Morgan fingerprint density at radius 3 is 2.08 bits per heavy atom. The molecule has 0 atom stereocenters. The number of aryl methyl sites for hydroxylation is 1. The van der Waals surface area contributed by atoms with Crippen LogP contribution in [0.3, 0.4) is 0 Å². The first-order chi connectivity index (χ1) is 11.8. The highest BCUT2D eigenvalue weighted by Gasteiger charge is 2.24. The monoisotopic (exact) mass is 362 g/mol. The van der Waals surface area contributed by atoms with Crippen LogP contribution in [-0.2, 0) is 14.8 Å². The average Bonchev–Trinajstić information content (AvgIpc) is 2.61. The predicted molar refractivity (Wildman–Crippen MR) is 97.4 cm³/mol. The van der Waals surface area contributed by atoms with Crippen LogP contribution >= 0.6 is 0 Å². The van der Waals surface area contributed by atoms with E-state index in [0.29, 0.717) is 11.4 Å². The molecule has 1 amide bonds. The number of hydrogen-bond donors (Lipinski definition) is 0. The smallest absolute Gasteiger partial charge is 0.243 e. The van der Waals surface area contributed by atoms with Crippen molar-refractivity contribution >= 4 is 21.6 Å². The SMILES string of the molecule is COc1ccc(N(C)C(=O)CN(C)S(=O)(=O)c2ccc(C)cc2)cc1. The van der Waals surface area contributed by atoms with E-state index in [0.717, 1.165) is 9.87 Å². The molecule has 0 fully saturated rings. The molecule has 0 unspecified atom stereocenters. The lowest BCUT2D eigenvalue weighted by Crippen LogP contribution is -2.39. The van der Waals surface area contributed by atoms with Gasteiger partial charge in [-0.25, -0.2) is 8.42 Å². The van der Waals surface area contributed by atoms with Crippen molar-refractivity contribution in [2.45, 2.75) is 11.8 Å². The maximum absolute atomic E-state index is 12.6. The number of amides is 1. The van der Waals surface area contributed by atoms with Crippen molar-refractivity contribution in [2.24, 2.45) is 0 Å². The Hall–Kier alpha value is -2.38. The molecule has 25 heavy (non-hydrogen) atoms. The van der Waals surface area contributed by atoms with Crippen LogP contribution in [0.1, 0.15) is 5.56 Å². The van der Waals surface area contributed by atoms with Crippen LogP contribution in [0, 0.1) is 6.92 Å². The van der Waals surface area contributed by atoms with Gasteiger partial charge in [0.25, 0.3) is 0 Å². The molecule has 7 heteroatoms. The largest absolute Gasteiger partial charge is 0.497 e. The van der Waals surface area contributed by atoms with Crippen LogP contribution in [0.4, 0.5) is 5.69 Å². The Balaban J connectivity index is 2.11. The van der Waals surface area contributed by atoms with E-state index < -0.39 is 10.0 Å². The Bertz CT molecular complexity index is 830. The molecular formula is C18H22N2O4S. The van der Waals surface area contributed by atoms with Crippen molar-refractivity contribution in [3.8, 4) is 5.75 Å². The van der Waals surface area contributed by atoms with Crippen molar-refractivity contribution in [2.75, 3.05) is 32.6 Å². The highest BCUT2D eigenvalue weighted by Crippen LogP contribution is 2.19. The first-order valence-corrected chi connectivity index (χ1v) is 9.13. The first-order valence-electron chi connectivity index (χ1n) is 7.69. The normalized spacial score (nSPS) is 11.4. The van der Waals surface area contributed by atoms with Gasteiger partial charge in [0.15, 0.2) is 0 Å². The second-order valence-corrected chi connectivity index (χ2v) is 7.77. The van der Waals surface area contributed by atoms with E-state index in [1.165, 1.54) is 11.9 Å². The van der Waals surface area contributed by atoms with E-state index in [9.17, 15) is 13.2 Å². The topological polar surface area (TPSA) is 66.9 Å². The third-order valence-corrected chi connectivity index (χ3v) is 5.74. The molecule has 0 heterocycles. The van der Waals surface area contributed by atoms with Gasteiger partial charge in [-0.3, -0.25) is 4.79 Å². The standard InChI is InChI=1S/C18H22N2O4S/c1-14-5-11-17(12-6-14)25(22,23)19(2)13-18(21)20(3)15-7-9-16(24-4)10-8-15/h5-12H,13H2,1-4H3.